The minimum atomic E-state index is 0.365. The highest BCUT2D eigenvalue weighted by Crippen LogP contribution is 2.43. The van der Waals surface area contributed by atoms with Gasteiger partial charge in [-0.05, 0) is 94.3 Å². The van der Waals surface area contributed by atoms with Crippen LogP contribution in [0.3, 0.4) is 0 Å². The van der Waals surface area contributed by atoms with Crippen molar-refractivity contribution in [2.45, 2.75) is 86.0 Å². The molecule has 0 N–H and O–H groups in total. The summed E-state index contributed by atoms with van der Waals surface area (Å²) in [5.74, 6) is 4.30. The summed E-state index contributed by atoms with van der Waals surface area (Å²) in [7, 11) is 0. The summed E-state index contributed by atoms with van der Waals surface area (Å²) in [4.78, 5) is 10.1. The molecule has 0 saturated carbocycles. The van der Waals surface area contributed by atoms with Gasteiger partial charge in [0.1, 0.15) is 5.01 Å². The third-order valence-electron chi connectivity index (χ3n) is 7.31. The smallest absolute Gasteiger partial charge is 0.125 e. The van der Waals surface area contributed by atoms with E-state index in [1.165, 1.54) is 38.9 Å². The summed E-state index contributed by atoms with van der Waals surface area (Å²) in [5, 5.41) is 1.09. The number of benzene rings is 2. The Labute approximate surface area is 233 Å². The van der Waals surface area contributed by atoms with Crippen molar-refractivity contribution < 1.29 is 0 Å². The number of allylic oxidation sites excluding steroid dienone is 1. The molecule has 0 saturated heterocycles. The molecule has 0 amide bonds. The Kier molecular flexibility index (Phi) is 8.24. The zero-order valence-corrected chi connectivity index (χ0v) is 25.1. The van der Waals surface area contributed by atoms with E-state index in [1.54, 1.807) is 17.4 Å². The Morgan fingerprint density at radius 1 is 0.842 bits per heavy atom. The van der Waals surface area contributed by atoms with Crippen LogP contribution in [0.1, 0.15) is 112 Å². The predicted molar refractivity (Wildman–Crippen MR) is 167 cm³/mol. The monoisotopic (exact) mass is 520 g/mol. The molecule has 0 aliphatic heterocycles. The van der Waals surface area contributed by atoms with E-state index in [0.717, 1.165) is 26.5 Å². The molecule has 2 nitrogen and oxygen atoms in total. The first-order chi connectivity index (χ1) is 18.0. The topological polar surface area (TPSA) is 25.8 Å². The van der Waals surface area contributed by atoms with Gasteiger partial charge in [0.2, 0.25) is 0 Å². The minimum Gasteiger partial charge on any atom is -0.255 e. The van der Waals surface area contributed by atoms with Crippen molar-refractivity contribution in [3.63, 3.8) is 0 Å². The van der Waals surface area contributed by atoms with E-state index < -0.39 is 0 Å². The largest absolute Gasteiger partial charge is 0.255 e. The van der Waals surface area contributed by atoms with Crippen molar-refractivity contribution in [2.24, 2.45) is 0 Å². The normalized spacial score (nSPS) is 12.1. The van der Waals surface area contributed by atoms with Crippen LogP contribution < -0.4 is 0 Å². The van der Waals surface area contributed by atoms with Crippen molar-refractivity contribution in [2.75, 3.05) is 0 Å². The molecule has 0 radical (unpaired) electrons. The van der Waals surface area contributed by atoms with E-state index in [1.807, 2.05) is 12.3 Å². The molecule has 0 spiro atoms. The second kappa shape index (κ2) is 11.3. The predicted octanol–water partition coefficient (Wildman–Crippen LogP) is 10.5. The third-order valence-corrected chi connectivity index (χ3v) is 8.41. The lowest BCUT2D eigenvalue weighted by atomic mass is 9.84. The van der Waals surface area contributed by atoms with Crippen molar-refractivity contribution in [1.29, 1.82) is 0 Å². The number of thiazole rings is 1. The van der Waals surface area contributed by atoms with Crippen LogP contribution in [0.15, 0.2) is 42.6 Å². The number of aromatic nitrogens is 2. The zero-order chi connectivity index (χ0) is 27.7. The Morgan fingerprint density at radius 3 is 2.03 bits per heavy atom. The summed E-state index contributed by atoms with van der Waals surface area (Å²) >= 11 is 1.77. The van der Waals surface area contributed by atoms with Crippen LogP contribution in [0.5, 0.6) is 0 Å². The molecule has 0 aliphatic carbocycles. The molecule has 0 fully saturated rings. The Hall–Kier alpha value is -3.22. The van der Waals surface area contributed by atoms with Crippen LogP contribution in [-0.2, 0) is 0 Å². The van der Waals surface area contributed by atoms with Gasteiger partial charge in [0.15, 0.2) is 0 Å². The molecule has 3 heteroatoms. The minimum absolute atomic E-state index is 0.365. The Bertz CT molecular complexity index is 1510. The highest BCUT2D eigenvalue weighted by Gasteiger charge is 2.22. The number of aryl methyl sites for hydroxylation is 1. The lowest BCUT2D eigenvalue weighted by Gasteiger charge is -2.21. The Balaban J connectivity index is 1.97. The van der Waals surface area contributed by atoms with E-state index in [9.17, 15) is 0 Å². The number of nitrogens with zero attached hydrogens (tertiary/aromatic N) is 2. The molecule has 4 aromatic rings. The van der Waals surface area contributed by atoms with Gasteiger partial charge in [0.25, 0.3) is 0 Å². The summed E-state index contributed by atoms with van der Waals surface area (Å²) in [6, 6.07) is 11.4. The quantitative estimate of drug-likeness (QED) is 0.226. The number of terminal acetylenes is 1. The summed E-state index contributed by atoms with van der Waals surface area (Å²) in [5.41, 5.74) is 12.3. The molecular weight excluding hydrogens is 480 g/mol. The lowest BCUT2D eigenvalue weighted by Crippen LogP contribution is -2.03. The van der Waals surface area contributed by atoms with Crippen LogP contribution in [0.2, 0.25) is 0 Å². The molecule has 0 atom stereocenters. The standard InChI is InChI=1S/C35H40N2S/c1-11-12-13-27-24(10)16-26(19-28(27)21(4)5)33-34-31(14-15-36-33)37-35(38-34)32-29(22(6)7)17-25(20(2)3)18-30(32)23(8)9/h1,12-23H,2-10H3/b13-12-. The van der Waals surface area contributed by atoms with Gasteiger partial charge in [-0.25, -0.2) is 4.98 Å². The number of hydrogen-bond acceptors (Lipinski definition) is 3. The van der Waals surface area contributed by atoms with Crippen molar-refractivity contribution >= 4 is 27.6 Å². The van der Waals surface area contributed by atoms with Crippen LogP contribution in [0, 0.1) is 19.3 Å². The summed E-state index contributed by atoms with van der Waals surface area (Å²) in [6.07, 6.45) is 11.2. The molecule has 4 rings (SSSR count). The number of pyridine rings is 1. The fourth-order valence-electron chi connectivity index (χ4n) is 5.17. The molecule has 196 valence electrons. The van der Waals surface area contributed by atoms with Crippen LogP contribution in [-0.4, -0.2) is 9.97 Å². The Morgan fingerprint density at radius 2 is 1.47 bits per heavy atom. The number of hydrogen-bond donors (Lipinski definition) is 0. The van der Waals surface area contributed by atoms with E-state index in [-0.39, 0.29) is 0 Å². The van der Waals surface area contributed by atoms with Gasteiger partial charge < -0.3 is 0 Å². The molecule has 0 aliphatic rings. The van der Waals surface area contributed by atoms with Crippen LogP contribution >= 0.6 is 11.3 Å². The van der Waals surface area contributed by atoms with Gasteiger partial charge in [0, 0.05) is 17.3 Å². The van der Waals surface area contributed by atoms with Gasteiger partial charge in [-0.3, -0.25) is 4.98 Å². The summed E-state index contributed by atoms with van der Waals surface area (Å²) < 4.78 is 1.14. The molecule has 2 aromatic heterocycles. The first-order valence-corrected chi connectivity index (χ1v) is 14.6. The van der Waals surface area contributed by atoms with Crippen molar-refractivity contribution in [3.8, 4) is 34.2 Å². The molecule has 2 aromatic carbocycles. The van der Waals surface area contributed by atoms with Crippen LogP contribution in [0.4, 0.5) is 0 Å². The molecule has 38 heavy (non-hydrogen) atoms. The highest BCUT2D eigenvalue weighted by atomic mass is 32.1. The first-order valence-electron chi connectivity index (χ1n) is 13.7. The fourth-order valence-corrected chi connectivity index (χ4v) is 6.33. The molecular formula is C35H40N2S. The second-order valence-electron chi connectivity index (χ2n) is 11.5. The van der Waals surface area contributed by atoms with Gasteiger partial charge in [0.05, 0.1) is 15.9 Å². The maximum atomic E-state index is 5.51. The summed E-state index contributed by atoms with van der Waals surface area (Å²) in [6.45, 7) is 20.3. The van der Waals surface area contributed by atoms with E-state index in [0.29, 0.717) is 23.7 Å². The van der Waals surface area contributed by atoms with E-state index in [4.69, 9.17) is 16.4 Å². The third kappa shape index (κ3) is 5.33. The van der Waals surface area contributed by atoms with Gasteiger partial charge in [-0.1, -0.05) is 73.4 Å². The van der Waals surface area contributed by atoms with Crippen molar-refractivity contribution in [3.05, 3.63) is 76.0 Å². The number of fused-ring (bicyclic) bond motifs is 1. The fraction of sp³-hybridized carbons (Fsp3) is 0.371. The van der Waals surface area contributed by atoms with Crippen LogP contribution in [0.25, 0.3) is 38.1 Å². The van der Waals surface area contributed by atoms with E-state index in [2.05, 4.69) is 98.6 Å². The molecule has 0 bridgehead atoms. The molecule has 0 unspecified atom stereocenters. The number of rotatable bonds is 7. The zero-order valence-electron chi connectivity index (χ0n) is 24.3. The average molecular weight is 521 g/mol. The van der Waals surface area contributed by atoms with Gasteiger partial charge in [-0.15, -0.1) is 17.8 Å². The van der Waals surface area contributed by atoms with Gasteiger partial charge in [-0.2, -0.15) is 0 Å². The highest BCUT2D eigenvalue weighted by molar-refractivity contribution is 7.22. The lowest BCUT2D eigenvalue weighted by molar-refractivity contribution is 0.807. The maximum absolute atomic E-state index is 5.51. The average Bonchev–Trinajstić information content (AvgIpc) is 3.30. The first kappa shape index (κ1) is 27.8. The van der Waals surface area contributed by atoms with E-state index >= 15 is 0 Å². The maximum Gasteiger partial charge on any atom is 0.125 e. The van der Waals surface area contributed by atoms with Gasteiger partial charge >= 0.3 is 0 Å². The second-order valence-corrected chi connectivity index (χ2v) is 12.5. The SMILES string of the molecule is C#C/C=C\c1c(C)cc(-c2nccc3nc(-c4c(C(C)C)cc(C(C)C)cc4C(C)C)sc23)cc1C(C)C. The van der Waals surface area contributed by atoms with Crippen molar-refractivity contribution in [1.82, 2.24) is 9.97 Å². The molecule has 2 heterocycles.